The molecule has 262 valence electrons. The minimum atomic E-state index is -1.05. The molecule has 2 aliphatic rings. The van der Waals surface area contributed by atoms with E-state index in [1.54, 1.807) is 18.2 Å². The molecule has 1 heterocycles. The van der Waals surface area contributed by atoms with Crippen molar-refractivity contribution in [3.63, 3.8) is 0 Å². The molecule has 0 bridgehead atoms. The third-order valence-electron chi connectivity index (χ3n) is 8.88. The van der Waals surface area contributed by atoms with Gasteiger partial charge in [-0.15, -0.1) is 5.11 Å². The van der Waals surface area contributed by atoms with Crippen LogP contribution in [0, 0.1) is 17.8 Å². The molecule has 1 fully saturated rings. The maximum Gasteiger partial charge on any atom is 0.407 e. The molecule has 3 aromatic carbocycles. The second kappa shape index (κ2) is 16.2. The number of nitrogens with zero attached hydrogens (tertiary/aromatic N) is 3. The van der Waals surface area contributed by atoms with Gasteiger partial charge in [-0.2, -0.15) is 5.11 Å². The lowest BCUT2D eigenvalue weighted by Crippen LogP contribution is -2.37. The molecule has 0 aromatic heterocycles. The standard InChI is InChI=1S/C38H42ClN5O6/c1-38(2,3)50-37(49)40-21-24-6-10-26(11-7-24)33(45)20-29(35(46)43-30-15-12-27(13-16-30)34-41-22-42-44-34)18-23-4-8-25(9-5-23)31-17-14-28(36(47)48)19-32(31)39/h4-5,8-9,12-17,19,24,26,29H,6-7,10-11,18,20-22H2,1-3H3,(H,40,49)(H,43,46)(H,47,48)/t24?,26?,29-/m1/s1. The van der Waals surface area contributed by atoms with Crippen molar-refractivity contribution >= 4 is 46.9 Å². The molecule has 1 aliphatic heterocycles. The number of carboxylic acids is 1. The lowest BCUT2D eigenvalue weighted by Gasteiger charge is -2.29. The van der Waals surface area contributed by atoms with E-state index in [9.17, 15) is 24.3 Å². The van der Waals surface area contributed by atoms with Gasteiger partial charge in [0.15, 0.2) is 12.5 Å². The summed E-state index contributed by atoms with van der Waals surface area (Å²) in [7, 11) is 0. The van der Waals surface area contributed by atoms with Gasteiger partial charge in [-0.3, -0.25) is 9.59 Å². The normalized spacial score (nSPS) is 17.8. The van der Waals surface area contributed by atoms with Crippen molar-refractivity contribution in [2.24, 2.45) is 33.0 Å². The SMILES string of the molecule is CC(C)(C)OC(=O)NCC1CCC(C(=O)C[C@@H](Cc2ccc(-c3ccc(C(=O)O)cc3Cl)cc2)C(=O)Nc2ccc(C3=NCN=N3)cc2)CC1. The van der Waals surface area contributed by atoms with Gasteiger partial charge in [0.2, 0.25) is 5.91 Å². The summed E-state index contributed by atoms with van der Waals surface area (Å²) in [6.45, 7) is 6.27. The van der Waals surface area contributed by atoms with E-state index < -0.39 is 23.6 Å². The minimum absolute atomic E-state index is 0.0607. The Morgan fingerprint density at radius 1 is 0.940 bits per heavy atom. The Kier molecular flexibility index (Phi) is 11.8. The Morgan fingerprint density at radius 2 is 1.62 bits per heavy atom. The molecule has 3 aromatic rings. The number of aromatic carboxylic acids is 1. The van der Waals surface area contributed by atoms with Crippen LogP contribution in [-0.4, -0.2) is 53.5 Å². The van der Waals surface area contributed by atoms with Crippen molar-refractivity contribution in [3.8, 4) is 11.1 Å². The number of carbonyl (C=O) groups excluding carboxylic acids is 3. The molecule has 0 radical (unpaired) electrons. The highest BCUT2D eigenvalue weighted by Gasteiger charge is 2.31. The van der Waals surface area contributed by atoms with E-state index in [-0.39, 0.29) is 35.5 Å². The fraction of sp³-hybridized carbons (Fsp3) is 0.395. The fourth-order valence-corrected chi connectivity index (χ4v) is 6.50. The van der Waals surface area contributed by atoms with E-state index in [2.05, 4.69) is 25.9 Å². The lowest BCUT2D eigenvalue weighted by atomic mass is 9.77. The Balaban J connectivity index is 1.25. The van der Waals surface area contributed by atoms with Crippen LogP contribution in [0.4, 0.5) is 10.5 Å². The van der Waals surface area contributed by atoms with Crippen molar-refractivity contribution in [3.05, 3.63) is 88.4 Å². The molecule has 1 atom stereocenters. The number of carbonyl (C=O) groups is 4. The van der Waals surface area contributed by atoms with Crippen LogP contribution in [0.25, 0.3) is 11.1 Å². The Hall–Kier alpha value is -4.90. The first-order valence-corrected chi connectivity index (χ1v) is 17.2. The summed E-state index contributed by atoms with van der Waals surface area (Å²) < 4.78 is 5.34. The number of alkyl carbamates (subject to hydrolysis) is 1. The van der Waals surface area contributed by atoms with Gasteiger partial charge >= 0.3 is 12.1 Å². The molecular weight excluding hydrogens is 658 g/mol. The zero-order chi connectivity index (χ0) is 35.8. The van der Waals surface area contributed by atoms with E-state index in [4.69, 9.17) is 16.3 Å². The van der Waals surface area contributed by atoms with Gasteiger partial charge in [-0.25, -0.2) is 14.6 Å². The smallest absolute Gasteiger partial charge is 0.407 e. The first-order valence-electron chi connectivity index (χ1n) is 16.8. The van der Waals surface area contributed by atoms with Gasteiger partial charge in [0.1, 0.15) is 11.4 Å². The van der Waals surface area contributed by atoms with Crippen molar-refractivity contribution in [1.82, 2.24) is 5.32 Å². The molecule has 1 saturated carbocycles. The van der Waals surface area contributed by atoms with E-state index >= 15 is 0 Å². The molecular formula is C38H42ClN5O6. The second-order valence-corrected chi connectivity index (χ2v) is 14.2. The molecule has 12 heteroatoms. The molecule has 5 rings (SSSR count). The van der Waals surface area contributed by atoms with Crippen LogP contribution >= 0.6 is 11.6 Å². The highest BCUT2D eigenvalue weighted by Crippen LogP contribution is 2.33. The molecule has 0 saturated heterocycles. The Labute approximate surface area is 296 Å². The van der Waals surface area contributed by atoms with Gasteiger partial charge in [-0.05, 0) is 106 Å². The van der Waals surface area contributed by atoms with Crippen LogP contribution in [0.1, 0.15) is 74.4 Å². The first kappa shape index (κ1) is 36.4. The number of nitrogens with one attached hydrogen (secondary N) is 2. The number of amides is 2. The summed E-state index contributed by atoms with van der Waals surface area (Å²) in [4.78, 5) is 55.1. The van der Waals surface area contributed by atoms with Gasteiger partial charge in [0.05, 0.1) is 5.56 Å². The Morgan fingerprint density at radius 3 is 2.22 bits per heavy atom. The van der Waals surface area contributed by atoms with Crippen LogP contribution in [0.2, 0.25) is 5.02 Å². The monoisotopic (exact) mass is 699 g/mol. The van der Waals surface area contributed by atoms with Gasteiger partial charge in [0, 0.05) is 46.6 Å². The number of halogens is 1. The predicted octanol–water partition coefficient (Wildman–Crippen LogP) is 7.96. The van der Waals surface area contributed by atoms with Crippen LogP contribution in [0.15, 0.2) is 82.0 Å². The van der Waals surface area contributed by atoms with E-state index in [0.29, 0.717) is 54.6 Å². The second-order valence-electron chi connectivity index (χ2n) is 13.8. The minimum Gasteiger partial charge on any atom is -0.478 e. The molecule has 11 nitrogen and oxygen atoms in total. The van der Waals surface area contributed by atoms with Crippen molar-refractivity contribution in [2.75, 3.05) is 18.5 Å². The molecule has 0 spiro atoms. The number of hydrogen-bond acceptors (Lipinski definition) is 8. The average Bonchev–Trinajstić information content (AvgIpc) is 3.62. The number of hydrogen-bond donors (Lipinski definition) is 3. The number of rotatable bonds is 12. The van der Waals surface area contributed by atoms with Crippen LogP contribution in [0.5, 0.6) is 0 Å². The summed E-state index contributed by atoms with van der Waals surface area (Å²) in [5.74, 6) is -1.21. The summed E-state index contributed by atoms with van der Waals surface area (Å²) in [5.41, 5.74) is 3.30. The largest absolute Gasteiger partial charge is 0.478 e. The summed E-state index contributed by atoms with van der Waals surface area (Å²) in [6, 6.07) is 19.4. The van der Waals surface area contributed by atoms with E-state index in [1.807, 2.05) is 57.2 Å². The van der Waals surface area contributed by atoms with Gasteiger partial charge in [-0.1, -0.05) is 41.9 Å². The molecule has 1 aliphatic carbocycles. The predicted molar refractivity (Wildman–Crippen MR) is 192 cm³/mol. The van der Waals surface area contributed by atoms with E-state index in [0.717, 1.165) is 29.5 Å². The number of benzene rings is 3. The number of amidine groups is 1. The molecule has 3 N–H and O–H groups in total. The topological polar surface area (TPSA) is 159 Å². The van der Waals surface area contributed by atoms with Crippen molar-refractivity contribution < 1.29 is 29.0 Å². The molecule has 0 unspecified atom stereocenters. The van der Waals surface area contributed by atoms with Crippen LogP contribution in [0.3, 0.4) is 0 Å². The quantitative estimate of drug-likeness (QED) is 0.174. The van der Waals surface area contributed by atoms with Crippen molar-refractivity contribution in [2.45, 2.75) is 64.9 Å². The lowest BCUT2D eigenvalue weighted by molar-refractivity contribution is -0.129. The summed E-state index contributed by atoms with van der Waals surface area (Å²) in [5, 5.41) is 23.3. The van der Waals surface area contributed by atoms with Gasteiger partial charge < -0.3 is 20.5 Å². The summed E-state index contributed by atoms with van der Waals surface area (Å²) in [6.07, 6.45) is 3.00. The van der Waals surface area contributed by atoms with Crippen LogP contribution in [-0.2, 0) is 20.7 Å². The van der Waals surface area contributed by atoms with Gasteiger partial charge in [0.25, 0.3) is 0 Å². The number of anilines is 1. The number of Topliss-reactive ketones (excluding diaryl/α,β-unsaturated/α-hetero) is 1. The Bertz CT molecular complexity index is 1770. The first-order chi connectivity index (χ1) is 23.8. The van der Waals surface area contributed by atoms with Crippen LogP contribution < -0.4 is 10.6 Å². The fourth-order valence-electron chi connectivity index (χ4n) is 6.21. The number of ether oxygens (including phenoxy) is 1. The number of azo groups is 1. The third kappa shape index (κ3) is 10.1. The number of aliphatic imine (C=N–C) groups is 1. The number of carboxylic acid groups (broad SMARTS) is 1. The van der Waals surface area contributed by atoms with E-state index in [1.165, 1.54) is 12.1 Å². The molecule has 2 amide bonds. The highest BCUT2D eigenvalue weighted by atomic mass is 35.5. The third-order valence-corrected chi connectivity index (χ3v) is 9.19. The zero-order valence-corrected chi connectivity index (χ0v) is 29.2. The zero-order valence-electron chi connectivity index (χ0n) is 28.4. The maximum atomic E-state index is 13.8. The summed E-state index contributed by atoms with van der Waals surface area (Å²) >= 11 is 6.40. The highest BCUT2D eigenvalue weighted by molar-refractivity contribution is 6.33. The average molecular weight is 700 g/mol. The maximum absolute atomic E-state index is 13.8. The number of ketones is 1. The molecule has 50 heavy (non-hydrogen) atoms. The van der Waals surface area contributed by atoms with Crippen molar-refractivity contribution in [1.29, 1.82) is 0 Å².